The van der Waals surface area contributed by atoms with Gasteiger partial charge in [-0.2, -0.15) is 0 Å². The first-order chi connectivity index (χ1) is 14.6. The van der Waals surface area contributed by atoms with Gasteiger partial charge in [-0.3, -0.25) is 0 Å². The Morgan fingerprint density at radius 3 is 2.48 bits per heavy atom. The molecule has 170 valence electrons. The third-order valence-electron chi connectivity index (χ3n) is 5.63. The highest BCUT2D eigenvalue weighted by Crippen LogP contribution is 2.44. The highest BCUT2D eigenvalue weighted by Gasteiger charge is 2.49. The molecule has 1 aromatic carbocycles. The molecule has 11 heteroatoms. The predicted molar refractivity (Wildman–Crippen MR) is 102 cm³/mol. The van der Waals surface area contributed by atoms with E-state index in [1.807, 2.05) is 0 Å². The number of ether oxygens (including phenoxy) is 3. The minimum atomic E-state index is -1.82. The van der Waals surface area contributed by atoms with Gasteiger partial charge in [-0.05, 0) is 25.1 Å². The van der Waals surface area contributed by atoms with Gasteiger partial charge in [0.05, 0.1) is 18.8 Å². The van der Waals surface area contributed by atoms with Crippen molar-refractivity contribution in [1.82, 2.24) is 0 Å². The van der Waals surface area contributed by atoms with Gasteiger partial charge in [0.2, 0.25) is 0 Å². The summed E-state index contributed by atoms with van der Waals surface area (Å²) >= 11 is 0. The normalized spacial score (nSPS) is 34.9. The van der Waals surface area contributed by atoms with Crippen molar-refractivity contribution in [1.29, 1.82) is 0 Å². The van der Waals surface area contributed by atoms with Crippen LogP contribution in [0, 0.1) is 0 Å². The van der Waals surface area contributed by atoms with E-state index >= 15 is 0 Å². The quantitative estimate of drug-likeness (QED) is 0.288. The van der Waals surface area contributed by atoms with Crippen LogP contribution in [0.15, 0.2) is 33.5 Å². The lowest BCUT2D eigenvalue weighted by atomic mass is 9.92. The number of aliphatic hydroxyl groups excluding tert-OH is 5. The fourth-order valence-corrected chi connectivity index (χ4v) is 3.88. The molecule has 3 heterocycles. The molecule has 0 amide bonds. The molecule has 1 saturated heterocycles. The van der Waals surface area contributed by atoms with E-state index in [1.54, 1.807) is 18.2 Å². The second-order valence-electron chi connectivity index (χ2n) is 8.00. The van der Waals surface area contributed by atoms with Gasteiger partial charge >= 0.3 is 5.63 Å². The summed E-state index contributed by atoms with van der Waals surface area (Å²) in [6.07, 6.45) is -10.0. The number of rotatable bonds is 5. The lowest BCUT2D eigenvalue weighted by molar-refractivity contribution is -0.311. The van der Waals surface area contributed by atoms with Crippen molar-refractivity contribution in [3.05, 3.63) is 40.2 Å². The van der Waals surface area contributed by atoms with E-state index in [4.69, 9.17) is 18.6 Å². The molecule has 8 unspecified atom stereocenters. The molecular formula is C20H24O11. The Bertz CT molecular complexity index is 1000. The number of hydrogen-bond acceptors (Lipinski definition) is 11. The smallest absolute Gasteiger partial charge is 0.336 e. The summed E-state index contributed by atoms with van der Waals surface area (Å²) in [4.78, 5) is 11.6. The SMILES string of the molecule is CC(O)(COC1OC(CO)C(O)C(O)C1O)C1Oc2ccc3ccc(=O)oc3c2C1O. The third kappa shape index (κ3) is 3.83. The molecule has 2 aromatic rings. The van der Waals surface area contributed by atoms with Gasteiger partial charge in [0, 0.05) is 11.5 Å². The second kappa shape index (κ2) is 8.11. The third-order valence-corrected chi connectivity index (χ3v) is 5.63. The second-order valence-corrected chi connectivity index (χ2v) is 8.00. The van der Waals surface area contributed by atoms with Gasteiger partial charge in [-0.1, -0.05) is 0 Å². The zero-order valence-electron chi connectivity index (χ0n) is 16.5. The number of aliphatic hydroxyl groups is 6. The van der Waals surface area contributed by atoms with Crippen LogP contribution in [0.5, 0.6) is 5.75 Å². The van der Waals surface area contributed by atoms with Crippen molar-refractivity contribution in [3.63, 3.8) is 0 Å². The van der Waals surface area contributed by atoms with Crippen LogP contribution < -0.4 is 10.4 Å². The van der Waals surface area contributed by atoms with Gasteiger partial charge in [0.15, 0.2) is 12.4 Å². The maximum atomic E-state index is 11.6. The van der Waals surface area contributed by atoms with Crippen molar-refractivity contribution < 1.29 is 49.3 Å². The van der Waals surface area contributed by atoms with Crippen LogP contribution in [0.3, 0.4) is 0 Å². The highest BCUT2D eigenvalue weighted by molar-refractivity contribution is 5.83. The number of benzene rings is 1. The fraction of sp³-hybridized carbons (Fsp3) is 0.550. The zero-order chi connectivity index (χ0) is 22.5. The summed E-state index contributed by atoms with van der Waals surface area (Å²) in [5.74, 6) is 0.229. The molecule has 6 N–H and O–H groups in total. The summed E-state index contributed by atoms with van der Waals surface area (Å²) in [7, 11) is 0. The van der Waals surface area contributed by atoms with E-state index in [0.717, 1.165) is 0 Å². The average molecular weight is 440 g/mol. The van der Waals surface area contributed by atoms with Crippen molar-refractivity contribution in [2.75, 3.05) is 13.2 Å². The van der Waals surface area contributed by atoms with Crippen LogP contribution in [0.4, 0.5) is 0 Å². The molecule has 1 fully saturated rings. The molecular weight excluding hydrogens is 416 g/mol. The Morgan fingerprint density at radius 1 is 1.06 bits per heavy atom. The highest BCUT2D eigenvalue weighted by atomic mass is 16.7. The molecule has 31 heavy (non-hydrogen) atoms. The maximum absolute atomic E-state index is 11.6. The molecule has 8 atom stereocenters. The van der Waals surface area contributed by atoms with Gasteiger partial charge in [-0.15, -0.1) is 0 Å². The molecule has 1 aromatic heterocycles. The molecule has 0 radical (unpaired) electrons. The molecule has 0 saturated carbocycles. The van der Waals surface area contributed by atoms with Gasteiger partial charge < -0.3 is 49.3 Å². The van der Waals surface area contributed by atoms with E-state index in [1.165, 1.54) is 13.0 Å². The van der Waals surface area contributed by atoms with Crippen LogP contribution >= 0.6 is 0 Å². The van der Waals surface area contributed by atoms with E-state index in [2.05, 4.69) is 0 Å². The molecule has 4 rings (SSSR count). The Morgan fingerprint density at radius 2 is 1.77 bits per heavy atom. The average Bonchev–Trinajstić information content (AvgIpc) is 3.09. The topological polar surface area (TPSA) is 179 Å². The number of fused-ring (bicyclic) bond motifs is 3. The Hall–Kier alpha value is -2.09. The van der Waals surface area contributed by atoms with Gasteiger partial charge in [0.25, 0.3) is 0 Å². The molecule has 0 bridgehead atoms. The van der Waals surface area contributed by atoms with E-state index < -0.39 is 67.4 Å². The fourth-order valence-electron chi connectivity index (χ4n) is 3.88. The summed E-state index contributed by atoms with van der Waals surface area (Å²) in [6.45, 7) is 0.196. The van der Waals surface area contributed by atoms with Crippen LogP contribution in [0.2, 0.25) is 0 Å². The minimum Gasteiger partial charge on any atom is -0.484 e. The summed E-state index contributed by atoms with van der Waals surface area (Å²) in [5.41, 5.74) is -2.06. The molecule has 2 aliphatic heterocycles. The van der Waals surface area contributed by atoms with Crippen molar-refractivity contribution in [3.8, 4) is 5.75 Å². The van der Waals surface area contributed by atoms with E-state index in [-0.39, 0.29) is 16.9 Å². The van der Waals surface area contributed by atoms with Crippen LogP contribution in [-0.4, -0.2) is 86.3 Å². The standard InChI is InChI=1S/C20H24O11/c1-20(27,7-28-19-16(26)15(25)13(23)10(6-21)30-19)18-14(24)12-9(29-18)4-2-8-3-5-11(22)31-17(8)12/h2-5,10,13-16,18-19,21,23-27H,6-7H2,1H3. The lowest BCUT2D eigenvalue weighted by Crippen LogP contribution is -2.60. The van der Waals surface area contributed by atoms with Crippen LogP contribution in [0.25, 0.3) is 11.0 Å². The first-order valence-corrected chi connectivity index (χ1v) is 9.70. The predicted octanol–water partition coefficient (Wildman–Crippen LogP) is -1.85. The first kappa shape index (κ1) is 22.1. The monoisotopic (exact) mass is 440 g/mol. The number of hydrogen-bond donors (Lipinski definition) is 6. The summed E-state index contributed by atoms with van der Waals surface area (Å²) < 4.78 is 21.6. The molecule has 0 aliphatic carbocycles. The van der Waals surface area contributed by atoms with Crippen LogP contribution in [0.1, 0.15) is 18.6 Å². The molecule has 2 aliphatic rings. The largest absolute Gasteiger partial charge is 0.484 e. The first-order valence-electron chi connectivity index (χ1n) is 9.70. The Kier molecular flexibility index (Phi) is 5.79. The summed E-state index contributed by atoms with van der Waals surface area (Å²) in [6, 6.07) is 6.02. The zero-order valence-corrected chi connectivity index (χ0v) is 16.5. The molecule has 11 nitrogen and oxygen atoms in total. The van der Waals surface area contributed by atoms with E-state index in [0.29, 0.717) is 5.39 Å². The Labute approximate surface area is 175 Å². The van der Waals surface area contributed by atoms with Gasteiger partial charge in [0.1, 0.15) is 47.5 Å². The lowest BCUT2D eigenvalue weighted by Gasteiger charge is -2.41. The minimum absolute atomic E-state index is 0.144. The maximum Gasteiger partial charge on any atom is 0.336 e. The van der Waals surface area contributed by atoms with Crippen molar-refractivity contribution in [2.24, 2.45) is 0 Å². The van der Waals surface area contributed by atoms with E-state index in [9.17, 15) is 35.4 Å². The van der Waals surface area contributed by atoms with Crippen molar-refractivity contribution >= 4 is 11.0 Å². The summed E-state index contributed by atoms with van der Waals surface area (Å²) in [5, 5.41) is 61.4. The Balaban J connectivity index is 1.52. The van der Waals surface area contributed by atoms with Gasteiger partial charge in [-0.25, -0.2) is 4.79 Å². The molecule has 0 spiro atoms. The van der Waals surface area contributed by atoms with Crippen molar-refractivity contribution in [2.45, 2.75) is 55.4 Å². The van der Waals surface area contributed by atoms with Crippen LogP contribution in [-0.2, 0) is 9.47 Å².